The number of anilines is 1. The van der Waals surface area contributed by atoms with E-state index in [-0.39, 0.29) is 11.4 Å². The Hall–Kier alpha value is -3.78. The predicted molar refractivity (Wildman–Crippen MR) is 131 cm³/mol. The van der Waals surface area contributed by atoms with Gasteiger partial charge in [0, 0.05) is 6.07 Å². The molecule has 0 amide bonds. The molecule has 0 N–H and O–H groups in total. The maximum atomic E-state index is 13.7. The second-order valence-electron chi connectivity index (χ2n) is 7.48. The Bertz CT molecular complexity index is 1370. The van der Waals surface area contributed by atoms with E-state index in [0.717, 1.165) is 0 Å². The summed E-state index contributed by atoms with van der Waals surface area (Å²) in [5, 5.41) is 0. The third-order valence-electron chi connectivity index (χ3n) is 5.28. The SMILES string of the molecule is CCOc1ccccc1-c1nc(CN(c2cccc(OC)c2)S(=O)(=O)c2ccccc2)c(C)o1. The molecule has 0 fully saturated rings. The minimum atomic E-state index is -3.89. The van der Waals surface area contributed by atoms with E-state index in [4.69, 9.17) is 13.9 Å². The minimum absolute atomic E-state index is 0.0173. The smallest absolute Gasteiger partial charge is 0.264 e. The Labute approximate surface area is 199 Å². The molecule has 1 heterocycles. The average molecular weight is 479 g/mol. The van der Waals surface area contributed by atoms with Gasteiger partial charge in [0.25, 0.3) is 10.0 Å². The van der Waals surface area contributed by atoms with Crippen LogP contribution in [-0.2, 0) is 16.6 Å². The second-order valence-corrected chi connectivity index (χ2v) is 9.34. The highest BCUT2D eigenvalue weighted by Gasteiger charge is 2.28. The van der Waals surface area contributed by atoms with E-state index in [2.05, 4.69) is 4.98 Å². The lowest BCUT2D eigenvalue weighted by Crippen LogP contribution is -2.31. The fraction of sp³-hybridized carbons (Fsp3) is 0.192. The van der Waals surface area contributed by atoms with Gasteiger partial charge in [0.15, 0.2) is 0 Å². The molecule has 4 rings (SSSR count). The van der Waals surface area contributed by atoms with Crippen molar-refractivity contribution < 1.29 is 22.3 Å². The lowest BCUT2D eigenvalue weighted by atomic mass is 10.2. The average Bonchev–Trinajstić information content (AvgIpc) is 3.23. The fourth-order valence-corrected chi connectivity index (χ4v) is 4.99. The summed E-state index contributed by atoms with van der Waals surface area (Å²) in [5.74, 6) is 2.10. The van der Waals surface area contributed by atoms with Crippen LogP contribution < -0.4 is 13.8 Å². The van der Waals surface area contributed by atoms with Crippen LogP contribution in [0.5, 0.6) is 11.5 Å². The van der Waals surface area contributed by atoms with E-state index < -0.39 is 10.0 Å². The van der Waals surface area contributed by atoms with Crippen LogP contribution in [0.25, 0.3) is 11.5 Å². The Morgan fingerprint density at radius 3 is 2.44 bits per heavy atom. The lowest BCUT2D eigenvalue weighted by molar-refractivity contribution is 0.340. The van der Waals surface area contributed by atoms with E-state index in [9.17, 15) is 8.42 Å². The third kappa shape index (κ3) is 4.77. The number of para-hydroxylation sites is 1. The maximum Gasteiger partial charge on any atom is 0.264 e. The van der Waals surface area contributed by atoms with Gasteiger partial charge in [0.05, 0.1) is 36.4 Å². The molecule has 0 saturated carbocycles. The molecule has 0 aliphatic rings. The Kier molecular flexibility index (Phi) is 6.88. The van der Waals surface area contributed by atoms with Crippen LogP contribution in [0.1, 0.15) is 18.4 Å². The highest BCUT2D eigenvalue weighted by atomic mass is 32.2. The molecule has 0 atom stereocenters. The number of sulfonamides is 1. The zero-order valence-corrected chi connectivity index (χ0v) is 20.1. The number of hydrogen-bond donors (Lipinski definition) is 0. The van der Waals surface area contributed by atoms with Crippen LogP contribution in [0.15, 0.2) is 88.2 Å². The monoisotopic (exact) mass is 478 g/mol. The number of benzene rings is 3. The van der Waals surface area contributed by atoms with Gasteiger partial charge in [0.2, 0.25) is 5.89 Å². The molecule has 0 bridgehead atoms. The van der Waals surface area contributed by atoms with E-state index in [0.29, 0.717) is 46.7 Å². The number of methoxy groups -OCH3 is 1. The molecule has 4 aromatic rings. The summed E-state index contributed by atoms with van der Waals surface area (Å²) >= 11 is 0. The zero-order valence-electron chi connectivity index (χ0n) is 19.3. The quantitative estimate of drug-likeness (QED) is 0.318. The fourth-order valence-electron chi connectivity index (χ4n) is 3.55. The molecule has 0 aliphatic heterocycles. The number of ether oxygens (including phenoxy) is 2. The molecule has 3 aromatic carbocycles. The van der Waals surface area contributed by atoms with E-state index >= 15 is 0 Å². The topological polar surface area (TPSA) is 81.9 Å². The van der Waals surface area contributed by atoms with Crippen molar-refractivity contribution in [1.29, 1.82) is 0 Å². The molecule has 0 spiro atoms. The molecule has 0 saturated heterocycles. The van der Waals surface area contributed by atoms with Gasteiger partial charge in [-0.3, -0.25) is 4.31 Å². The Morgan fingerprint density at radius 1 is 0.971 bits per heavy atom. The largest absolute Gasteiger partial charge is 0.497 e. The van der Waals surface area contributed by atoms with Gasteiger partial charge in [0.1, 0.15) is 23.0 Å². The minimum Gasteiger partial charge on any atom is -0.497 e. The standard InChI is InChI=1S/C26H26N2O5S/c1-4-32-25-16-9-8-15-23(25)26-27-24(19(2)33-26)18-28(20-11-10-12-21(17-20)31-3)34(29,30)22-13-6-5-7-14-22/h5-17H,4,18H2,1-3H3. The van der Waals surface area contributed by atoms with Crippen molar-refractivity contribution >= 4 is 15.7 Å². The predicted octanol–water partition coefficient (Wildman–Crippen LogP) is 5.45. The molecule has 1 aromatic heterocycles. The molecule has 8 heteroatoms. The first-order valence-corrected chi connectivity index (χ1v) is 12.3. The van der Waals surface area contributed by atoms with E-state index in [1.807, 2.05) is 31.2 Å². The van der Waals surface area contributed by atoms with Crippen molar-refractivity contribution in [3.05, 3.63) is 90.3 Å². The van der Waals surface area contributed by atoms with Crippen molar-refractivity contribution in [2.45, 2.75) is 25.3 Å². The summed E-state index contributed by atoms with van der Waals surface area (Å²) in [6, 6.07) is 22.7. The number of rotatable bonds is 9. The number of hydrogen-bond acceptors (Lipinski definition) is 6. The maximum absolute atomic E-state index is 13.7. The molecule has 176 valence electrons. The second kappa shape index (κ2) is 10.0. The van der Waals surface area contributed by atoms with E-state index in [1.165, 1.54) is 4.31 Å². The van der Waals surface area contributed by atoms with Crippen molar-refractivity contribution in [3.8, 4) is 23.0 Å². The zero-order chi connectivity index (χ0) is 24.1. The molecule has 0 radical (unpaired) electrons. The summed E-state index contributed by atoms with van der Waals surface area (Å²) in [7, 11) is -2.35. The number of aromatic nitrogens is 1. The highest BCUT2D eigenvalue weighted by Crippen LogP contribution is 2.33. The molecule has 0 aliphatic carbocycles. The van der Waals surface area contributed by atoms with Crippen LogP contribution in [-0.4, -0.2) is 27.1 Å². The van der Waals surface area contributed by atoms with Crippen LogP contribution in [0.3, 0.4) is 0 Å². The summed E-state index contributed by atoms with van der Waals surface area (Å²) in [5.41, 5.74) is 1.67. The lowest BCUT2D eigenvalue weighted by Gasteiger charge is -2.24. The first-order valence-electron chi connectivity index (χ1n) is 10.8. The van der Waals surface area contributed by atoms with Gasteiger partial charge in [-0.15, -0.1) is 0 Å². The van der Waals surface area contributed by atoms with Crippen molar-refractivity contribution in [3.63, 3.8) is 0 Å². The molecular weight excluding hydrogens is 452 g/mol. The Morgan fingerprint density at radius 2 is 1.71 bits per heavy atom. The van der Waals surface area contributed by atoms with Crippen LogP contribution >= 0.6 is 0 Å². The van der Waals surface area contributed by atoms with Gasteiger partial charge in [-0.1, -0.05) is 36.4 Å². The van der Waals surface area contributed by atoms with Gasteiger partial charge in [-0.05, 0) is 50.2 Å². The third-order valence-corrected chi connectivity index (χ3v) is 7.06. The normalized spacial score (nSPS) is 11.3. The van der Waals surface area contributed by atoms with Crippen molar-refractivity contribution in [2.24, 2.45) is 0 Å². The molecule has 34 heavy (non-hydrogen) atoms. The first kappa shape index (κ1) is 23.4. The van der Waals surface area contributed by atoms with Crippen molar-refractivity contribution in [1.82, 2.24) is 4.98 Å². The number of nitrogens with zero attached hydrogens (tertiary/aromatic N) is 2. The summed E-state index contributed by atoms with van der Waals surface area (Å²) in [4.78, 5) is 4.84. The van der Waals surface area contributed by atoms with Crippen molar-refractivity contribution in [2.75, 3.05) is 18.0 Å². The van der Waals surface area contributed by atoms with E-state index in [1.54, 1.807) is 68.6 Å². The van der Waals surface area contributed by atoms with Crippen LogP contribution in [0, 0.1) is 6.92 Å². The van der Waals surface area contributed by atoms with Gasteiger partial charge in [-0.2, -0.15) is 0 Å². The molecular formula is C26H26N2O5S. The first-order chi connectivity index (χ1) is 16.4. The highest BCUT2D eigenvalue weighted by molar-refractivity contribution is 7.92. The number of oxazole rings is 1. The van der Waals surface area contributed by atoms with Gasteiger partial charge >= 0.3 is 0 Å². The van der Waals surface area contributed by atoms with Gasteiger partial charge in [-0.25, -0.2) is 13.4 Å². The Balaban J connectivity index is 1.78. The summed E-state index contributed by atoms with van der Waals surface area (Å²) < 4.78 is 45.6. The summed E-state index contributed by atoms with van der Waals surface area (Å²) in [6.45, 7) is 4.16. The molecule has 0 unspecified atom stereocenters. The summed E-state index contributed by atoms with van der Waals surface area (Å²) in [6.07, 6.45) is 0. The van der Waals surface area contributed by atoms with Crippen LogP contribution in [0.2, 0.25) is 0 Å². The molecule has 7 nitrogen and oxygen atoms in total. The van der Waals surface area contributed by atoms with Crippen LogP contribution in [0.4, 0.5) is 5.69 Å². The van der Waals surface area contributed by atoms with Gasteiger partial charge < -0.3 is 13.9 Å². The number of aryl methyl sites for hydroxylation is 1.